The van der Waals surface area contributed by atoms with Crippen molar-refractivity contribution in [1.29, 1.82) is 0 Å². The van der Waals surface area contributed by atoms with Gasteiger partial charge in [0.15, 0.2) is 40.0 Å². The molecular formula is C48H49N3O17S. The molecule has 10 rings (SSSR count). The van der Waals surface area contributed by atoms with Crippen LogP contribution in [0.25, 0.3) is 0 Å². The van der Waals surface area contributed by atoms with Crippen molar-refractivity contribution in [2.24, 2.45) is 0 Å². The van der Waals surface area contributed by atoms with Gasteiger partial charge >= 0.3 is 30.3 Å². The maximum Gasteiger partial charge on any atom is 0.518 e. The summed E-state index contributed by atoms with van der Waals surface area (Å²) in [5.41, 5.74) is 2.10. The average molecular weight is 972 g/mol. The first-order valence-corrected chi connectivity index (χ1v) is 22.8. The smallest absolute Gasteiger partial charge is 0.493 e. The molecule has 2 saturated heterocycles. The molecule has 7 aliphatic heterocycles. The second kappa shape index (κ2) is 18.2. The molecule has 1 N–H and O–H groups in total. The van der Waals surface area contributed by atoms with Gasteiger partial charge in [-0.15, -0.1) is 11.8 Å². The Morgan fingerprint density at radius 3 is 2.23 bits per heavy atom. The zero-order valence-electron chi connectivity index (χ0n) is 38.5. The second-order valence-electron chi connectivity index (χ2n) is 16.9. The van der Waals surface area contributed by atoms with Crippen molar-refractivity contribution in [2.75, 3.05) is 47.0 Å². The molecule has 21 heteroatoms. The quantitative estimate of drug-likeness (QED) is 0.0860. The van der Waals surface area contributed by atoms with Gasteiger partial charge in [0.1, 0.15) is 18.6 Å². The molecule has 1 spiro atoms. The number of hydrogen-bond donors (Lipinski definition) is 1. The minimum atomic E-state index is -2.00. The number of carbonyl (C=O) groups excluding carboxylic acids is 5. The highest BCUT2D eigenvalue weighted by atomic mass is 32.2. The summed E-state index contributed by atoms with van der Waals surface area (Å²) in [5.74, 6) is -0.674. The number of benzene rings is 3. The molecule has 4 bridgehead atoms. The van der Waals surface area contributed by atoms with E-state index in [0.29, 0.717) is 44.9 Å². The lowest BCUT2D eigenvalue weighted by Crippen LogP contribution is -2.70. The van der Waals surface area contributed by atoms with E-state index in [1.807, 2.05) is 29.8 Å². The highest BCUT2D eigenvalue weighted by molar-refractivity contribution is 7.99. The number of carbonyl (C=O) groups is 5. The molecule has 0 saturated carbocycles. The number of fused-ring (bicyclic) bond motifs is 9. The highest BCUT2D eigenvalue weighted by Crippen LogP contribution is 2.65. The molecule has 0 aliphatic carbocycles. The van der Waals surface area contributed by atoms with Crippen LogP contribution in [0, 0.1) is 13.8 Å². The molecular weight excluding hydrogens is 923 g/mol. The minimum Gasteiger partial charge on any atom is -0.493 e. The maximum atomic E-state index is 15.5. The van der Waals surface area contributed by atoms with Crippen LogP contribution in [-0.4, -0.2) is 115 Å². The fourth-order valence-corrected chi connectivity index (χ4v) is 12.7. The topological polar surface area (TPSA) is 217 Å². The average Bonchev–Trinajstić information content (AvgIpc) is 3.80. The molecule has 7 atom stereocenters. The van der Waals surface area contributed by atoms with Crippen LogP contribution in [0.1, 0.15) is 68.8 Å². The van der Waals surface area contributed by atoms with Gasteiger partial charge in [0, 0.05) is 47.5 Å². The zero-order chi connectivity index (χ0) is 49.2. The first-order valence-electron chi connectivity index (χ1n) is 21.8. The number of thioether (sulfide) groups is 1. The number of methoxy groups -OCH3 is 2. The predicted octanol–water partition coefficient (Wildman–Crippen LogP) is 6.31. The maximum absolute atomic E-state index is 15.5. The monoisotopic (exact) mass is 971 g/mol. The van der Waals surface area contributed by atoms with Gasteiger partial charge in [-0.3, -0.25) is 19.5 Å². The number of hydrogen-bond acceptors (Lipinski definition) is 20. The molecule has 7 aliphatic rings. The lowest BCUT2D eigenvalue weighted by atomic mass is 9.73. The van der Waals surface area contributed by atoms with Crippen LogP contribution in [-0.2, 0) is 46.9 Å². The summed E-state index contributed by atoms with van der Waals surface area (Å²) >= 11 is 1.22. The van der Waals surface area contributed by atoms with E-state index in [4.69, 9.17) is 52.1 Å². The van der Waals surface area contributed by atoms with Gasteiger partial charge < -0.3 is 57.2 Å². The Labute approximate surface area is 400 Å². The molecule has 20 nitrogen and oxygen atoms in total. The van der Waals surface area contributed by atoms with Crippen molar-refractivity contribution in [3.63, 3.8) is 0 Å². The fraction of sp³-hybridized carbons (Fsp3) is 0.396. The van der Waals surface area contributed by atoms with E-state index in [2.05, 4.69) is 19.7 Å². The Hall–Kier alpha value is -6.94. The van der Waals surface area contributed by atoms with Gasteiger partial charge in [0.05, 0.1) is 56.4 Å². The first-order chi connectivity index (χ1) is 33.1. The molecule has 1 amide bonds. The Morgan fingerprint density at radius 1 is 0.841 bits per heavy atom. The molecule has 7 heterocycles. The number of aryl methyl sites for hydroxylation is 1. The number of amides is 1. The van der Waals surface area contributed by atoms with Crippen molar-refractivity contribution < 1.29 is 81.2 Å². The summed E-state index contributed by atoms with van der Waals surface area (Å²) in [6, 6.07) is 1.73. The van der Waals surface area contributed by atoms with E-state index in [9.17, 15) is 24.3 Å². The lowest BCUT2D eigenvalue weighted by Gasteiger charge is -2.62. The summed E-state index contributed by atoms with van der Waals surface area (Å²) in [5, 5.41) is 12.0. The molecule has 0 radical (unpaired) electrons. The molecule has 364 valence electrons. The third kappa shape index (κ3) is 7.36. The number of rotatable bonds is 8. The SMILES string of the molecule is C=COC(=O)Oc1cc2c(cc1OC)[C@@]1(CS[C@@H]3c4c(OC(C)=O)c(C)c5c(c4[C@@H](COC1=O)N1C3[C@H]3c4c(cc(C)c(OC)c4OC(=O)OC=C)C[C@H]([C@@H]1O)N3C)OCO5)N(C(=O)OC=C)CC2. The molecule has 2 fully saturated rings. The Morgan fingerprint density at radius 2 is 1.55 bits per heavy atom. The number of aliphatic hydroxyl groups excluding tert-OH is 1. The van der Waals surface area contributed by atoms with Crippen molar-refractivity contribution in [1.82, 2.24) is 14.7 Å². The Kier molecular flexibility index (Phi) is 12.4. The Balaban J connectivity index is 1.33. The van der Waals surface area contributed by atoms with Crippen LogP contribution in [0.4, 0.5) is 14.4 Å². The number of aliphatic hydroxyl groups is 1. The van der Waals surface area contributed by atoms with Crippen molar-refractivity contribution >= 4 is 42.1 Å². The standard InChI is InChI=1S/C48H49N3O17S/c1-10-60-45(55)50-14-13-25-17-31(67-46(56)61-11-2)30(58-8)18-27(25)48(50)20-69-42-34-33(40-39(64-21-65-40)23(5)38(34)66-24(6)52)29(19-63-44(48)54)51-36(42)35-32-26(16-28(43(51)53)49(35)7)15-22(4)37(59-9)41(32)68-47(57)62-12-3/h10-12,15,17-18,28-29,35-36,42-43,53H,1-3,13-14,16,19-21H2,4-9H3/t28-,29-,35-,36?,42-,43+,48-/m1/s1. The van der Waals surface area contributed by atoms with Crippen LogP contribution in [0.3, 0.4) is 0 Å². The fourth-order valence-electron chi connectivity index (χ4n) is 11.0. The number of piperazine rings is 1. The van der Waals surface area contributed by atoms with E-state index in [1.54, 1.807) is 6.92 Å². The molecule has 69 heavy (non-hydrogen) atoms. The first kappa shape index (κ1) is 47.1. The largest absolute Gasteiger partial charge is 0.518 e. The van der Waals surface area contributed by atoms with Gasteiger partial charge in [-0.1, -0.05) is 25.8 Å². The number of esters is 2. The van der Waals surface area contributed by atoms with E-state index in [-0.39, 0.29) is 66.2 Å². The Bertz CT molecular complexity index is 2730. The number of likely N-dealkylation sites (N-methyl/N-ethyl adjacent to an activating group) is 1. The van der Waals surface area contributed by atoms with Crippen LogP contribution >= 0.6 is 11.8 Å². The summed E-state index contributed by atoms with van der Waals surface area (Å²) in [4.78, 5) is 74.0. The summed E-state index contributed by atoms with van der Waals surface area (Å²) in [6.45, 7) is 14.6. The molecule has 3 aromatic rings. The van der Waals surface area contributed by atoms with Crippen LogP contribution in [0.2, 0.25) is 0 Å². The molecule has 0 aromatic heterocycles. The number of ether oxygens (including phenoxy) is 11. The van der Waals surface area contributed by atoms with E-state index >= 15 is 4.79 Å². The molecule has 1 unspecified atom stereocenters. The van der Waals surface area contributed by atoms with Crippen LogP contribution < -0.4 is 33.2 Å². The van der Waals surface area contributed by atoms with Gasteiger partial charge in [-0.2, -0.15) is 0 Å². The van der Waals surface area contributed by atoms with Gasteiger partial charge in [0.25, 0.3) is 0 Å². The second-order valence-corrected chi connectivity index (χ2v) is 18.0. The van der Waals surface area contributed by atoms with E-state index in [0.717, 1.165) is 24.3 Å². The predicted molar refractivity (Wildman–Crippen MR) is 241 cm³/mol. The van der Waals surface area contributed by atoms with E-state index in [1.165, 1.54) is 49.9 Å². The third-order valence-corrected chi connectivity index (χ3v) is 15.0. The molecule has 3 aromatic carbocycles. The minimum absolute atomic E-state index is 0.00937. The van der Waals surface area contributed by atoms with Crippen molar-refractivity contribution in [3.8, 4) is 40.2 Å². The van der Waals surface area contributed by atoms with Crippen molar-refractivity contribution in [2.45, 2.75) is 74.8 Å². The zero-order valence-corrected chi connectivity index (χ0v) is 39.3. The van der Waals surface area contributed by atoms with Gasteiger partial charge in [-0.05, 0) is 68.1 Å². The van der Waals surface area contributed by atoms with Crippen molar-refractivity contribution in [3.05, 3.63) is 101 Å². The third-order valence-electron chi connectivity index (χ3n) is 13.6. The summed E-state index contributed by atoms with van der Waals surface area (Å²) in [6.07, 6.45) is -1.08. The van der Waals surface area contributed by atoms with Gasteiger partial charge in [0.2, 0.25) is 6.79 Å². The highest BCUT2D eigenvalue weighted by Gasteiger charge is 2.63. The normalized spacial score (nSPS) is 25.0. The van der Waals surface area contributed by atoms with E-state index < -0.39 is 78.1 Å². The van der Waals surface area contributed by atoms with Crippen LogP contribution in [0.5, 0.6) is 40.2 Å². The summed E-state index contributed by atoms with van der Waals surface area (Å²) in [7, 11) is 4.65. The van der Waals surface area contributed by atoms with Gasteiger partial charge in [-0.25, -0.2) is 19.2 Å². The lowest BCUT2D eigenvalue weighted by molar-refractivity contribution is -0.188. The summed E-state index contributed by atoms with van der Waals surface area (Å²) < 4.78 is 63.4. The number of nitrogens with zero attached hydrogens (tertiary/aromatic N) is 3. The van der Waals surface area contributed by atoms with Crippen LogP contribution in [0.15, 0.2) is 56.7 Å².